The normalized spacial score (nSPS) is 11.2. The summed E-state index contributed by atoms with van der Waals surface area (Å²) in [7, 11) is 1.75. The quantitative estimate of drug-likeness (QED) is 0.241. The van der Waals surface area contributed by atoms with Crippen molar-refractivity contribution in [2.24, 2.45) is 0 Å². The summed E-state index contributed by atoms with van der Waals surface area (Å²) >= 11 is 0. The number of amides is 1. The number of aromatic nitrogens is 2. The van der Waals surface area contributed by atoms with E-state index in [0.717, 1.165) is 12.8 Å². The van der Waals surface area contributed by atoms with Gasteiger partial charge in [-0.2, -0.15) is 5.10 Å². The predicted octanol–water partition coefficient (Wildman–Crippen LogP) is 7.26. The molecule has 2 aromatic rings. The Morgan fingerprint density at radius 1 is 0.788 bits per heavy atom. The van der Waals surface area contributed by atoms with Crippen LogP contribution in [0.3, 0.4) is 0 Å². The van der Waals surface area contributed by atoms with Gasteiger partial charge in [0.15, 0.2) is 5.69 Å². The average molecular weight is 456 g/mol. The van der Waals surface area contributed by atoms with Gasteiger partial charge in [-0.3, -0.25) is 14.7 Å². The van der Waals surface area contributed by atoms with E-state index in [1.165, 1.54) is 89.9 Å². The average Bonchev–Trinajstić information content (AvgIpc) is 2.83. The molecular weight excluding hydrogens is 410 g/mol. The molecule has 1 aromatic carbocycles. The third-order valence-electron chi connectivity index (χ3n) is 6.57. The van der Waals surface area contributed by atoms with Crippen molar-refractivity contribution in [2.75, 3.05) is 13.6 Å². The number of unbranched alkanes of at least 4 members (excludes halogenated alkanes) is 15. The number of para-hydroxylation sites is 1. The van der Waals surface area contributed by atoms with Crippen LogP contribution in [0.2, 0.25) is 0 Å². The number of carbonyl (C=O) groups excluding carboxylic acids is 1. The Morgan fingerprint density at radius 2 is 1.27 bits per heavy atom. The number of nitrogens with zero attached hydrogens (tertiary/aromatic N) is 2. The minimum Gasteiger partial charge on any atom is -0.340 e. The molecule has 184 valence electrons. The topological polar surface area (TPSA) is 66.1 Å². The van der Waals surface area contributed by atoms with E-state index >= 15 is 0 Å². The first-order valence-electron chi connectivity index (χ1n) is 13.4. The molecule has 5 nitrogen and oxygen atoms in total. The van der Waals surface area contributed by atoms with Gasteiger partial charge in [0.1, 0.15) is 0 Å². The second-order valence-corrected chi connectivity index (χ2v) is 9.48. The summed E-state index contributed by atoms with van der Waals surface area (Å²) in [4.78, 5) is 26.8. The molecule has 0 radical (unpaired) electrons. The van der Waals surface area contributed by atoms with Crippen molar-refractivity contribution < 1.29 is 4.79 Å². The molecule has 0 aliphatic rings. The van der Waals surface area contributed by atoms with Crippen molar-refractivity contribution >= 4 is 16.8 Å². The number of carbonyl (C=O) groups is 1. The molecule has 5 heteroatoms. The molecule has 2 rings (SSSR count). The Labute approximate surface area is 200 Å². The van der Waals surface area contributed by atoms with Gasteiger partial charge in [0.2, 0.25) is 5.43 Å². The number of hydrogen-bond donors (Lipinski definition) is 1. The van der Waals surface area contributed by atoms with Crippen LogP contribution in [0.4, 0.5) is 0 Å². The van der Waals surface area contributed by atoms with Crippen LogP contribution in [0.5, 0.6) is 0 Å². The number of H-pyrrole nitrogens is 1. The minimum atomic E-state index is -0.303. The van der Waals surface area contributed by atoms with E-state index in [-0.39, 0.29) is 17.0 Å². The van der Waals surface area contributed by atoms with Gasteiger partial charge in [-0.25, -0.2) is 0 Å². The summed E-state index contributed by atoms with van der Waals surface area (Å²) in [5.74, 6) is -0.303. The maximum Gasteiger partial charge on any atom is 0.278 e. The highest BCUT2D eigenvalue weighted by Crippen LogP contribution is 2.14. The van der Waals surface area contributed by atoms with Crippen LogP contribution in [0.25, 0.3) is 10.9 Å². The van der Waals surface area contributed by atoms with Crippen LogP contribution < -0.4 is 5.43 Å². The molecule has 0 saturated heterocycles. The van der Waals surface area contributed by atoms with Gasteiger partial charge in [-0.15, -0.1) is 0 Å². The molecule has 0 saturated carbocycles. The zero-order valence-corrected chi connectivity index (χ0v) is 21.0. The summed E-state index contributed by atoms with van der Waals surface area (Å²) in [6, 6.07) is 7.15. The number of nitrogens with one attached hydrogen (secondary N) is 1. The zero-order valence-electron chi connectivity index (χ0n) is 21.0. The first kappa shape index (κ1) is 27.1. The van der Waals surface area contributed by atoms with Crippen LogP contribution >= 0.6 is 0 Å². The maximum absolute atomic E-state index is 12.6. The first-order chi connectivity index (χ1) is 16.1. The monoisotopic (exact) mass is 455 g/mol. The highest BCUT2D eigenvalue weighted by Gasteiger charge is 2.18. The fourth-order valence-electron chi connectivity index (χ4n) is 4.40. The lowest BCUT2D eigenvalue weighted by Gasteiger charge is -2.16. The third-order valence-corrected chi connectivity index (χ3v) is 6.57. The fourth-order valence-corrected chi connectivity index (χ4v) is 4.40. The van der Waals surface area contributed by atoms with Crippen LogP contribution in [0.1, 0.15) is 120 Å². The number of benzene rings is 1. The summed E-state index contributed by atoms with van der Waals surface area (Å²) < 4.78 is 0. The molecular formula is C28H45N3O2. The molecule has 33 heavy (non-hydrogen) atoms. The molecule has 0 unspecified atom stereocenters. The Hall–Kier alpha value is -2.17. The Bertz CT molecular complexity index is 862. The molecule has 1 amide bonds. The van der Waals surface area contributed by atoms with Crippen molar-refractivity contribution in [3.8, 4) is 0 Å². The fraction of sp³-hybridized carbons (Fsp3) is 0.679. The SMILES string of the molecule is CCCCCCCCCCCCCCCCCCN(C)C(=O)c1n[nH]c2ccccc2c1=O. The maximum atomic E-state index is 12.6. The minimum absolute atomic E-state index is 0.0207. The lowest BCUT2D eigenvalue weighted by Crippen LogP contribution is -2.33. The van der Waals surface area contributed by atoms with Crippen molar-refractivity contribution in [3.05, 3.63) is 40.2 Å². The molecule has 0 bridgehead atoms. The Kier molecular flexibility index (Phi) is 13.5. The second kappa shape index (κ2) is 16.4. The lowest BCUT2D eigenvalue weighted by molar-refractivity contribution is 0.0784. The summed E-state index contributed by atoms with van der Waals surface area (Å²) in [5.41, 5.74) is 0.334. The predicted molar refractivity (Wildman–Crippen MR) is 139 cm³/mol. The smallest absolute Gasteiger partial charge is 0.278 e. The van der Waals surface area contributed by atoms with Gasteiger partial charge in [0.05, 0.1) is 5.52 Å². The van der Waals surface area contributed by atoms with Crippen molar-refractivity contribution in [1.82, 2.24) is 15.1 Å². The lowest BCUT2D eigenvalue weighted by atomic mass is 10.0. The molecule has 0 fully saturated rings. The summed E-state index contributed by atoms with van der Waals surface area (Å²) in [6.45, 7) is 2.93. The van der Waals surface area contributed by atoms with E-state index in [1.54, 1.807) is 30.1 Å². The Balaban J connectivity index is 1.47. The van der Waals surface area contributed by atoms with E-state index in [0.29, 0.717) is 17.4 Å². The largest absolute Gasteiger partial charge is 0.340 e. The molecule has 0 aliphatic heterocycles. The van der Waals surface area contributed by atoms with Gasteiger partial charge in [0.25, 0.3) is 5.91 Å². The number of aromatic amines is 1. The van der Waals surface area contributed by atoms with E-state index in [2.05, 4.69) is 17.1 Å². The third kappa shape index (κ3) is 10.1. The number of fused-ring (bicyclic) bond motifs is 1. The molecule has 1 N–H and O–H groups in total. The molecule has 1 aromatic heterocycles. The van der Waals surface area contributed by atoms with Gasteiger partial charge in [-0.1, -0.05) is 115 Å². The van der Waals surface area contributed by atoms with Crippen molar-refractivity contribution in [3.63, 3.8) is 0 Å². The molecule has 0 aliphatic carbocycles. The van der Waals surface area contributed by atoms with Crippen LogP contribution in [0, 0.1) is 0 Å². The second-order valence-electron chi connectivity index (χ2n) is 9.48. The van der Waals surface area contributed by atoms with Gasteiger partial charge in [-0.05, 0) is 18.6 Å². The van der Waals surface area contributed by atoms with E-state index < -0.39 is 0 Å². The van der Waals surface area contributed by atoms with Crippen LogP contribution in [-0.4, -0.2) is 34.6 Å². The van der Waals surface area contributed by atoms with E-state index in [4.69, 9.17) is 0 Å². The summed E-state index contributed by atoms with van der Waals surface area (Å²) in [5, 5.41) is 7.35. The van der Waals surface area contributed by atoms with Crippen LogP contribution in [0.15, 0.2) is 29.1 Å². The highest BCUT2D eigenvalue weighted by molar-refractivity contribution is 5.95. The van der Waals surface area contributed by atoms with Gasteiger partial charge in [0, 0.05) is 19.0 Å². The first-order valence-corrected chi connectivity index (χ1v) is 13.4. The zero-order chi connectivity index (χ0) is 23.7. The van der Waals surface area contributed by atoms with Crippen LogP contribution in [-0.2, 0) is 0 Å². The highest BCUT2D eigenvalue weighted by atomic mass is 16.2. The Morgan fingerprint density at radius 3 is 1.82 bits per heavy atom. The molecule has 0 atom stereocenters. The molecule has 0 spiro atoms. The van der Waals surface area contributed by atoms with Crippen molar-refractivity contribution in [2.45, 2.75) is 110 Å². The van der Waals surface area contributed by atoms with Gasteiger partial charge < -0.3 is 4.90 Å². The van der Waals surface area contributed by atoms with E-state index in [1.807, 2.05) is 6.07 Å². The van der Waals surface area contributed by atoms with Gasteiger partial charge >= 0.3 is 0 Å². The van der Waals surface area contributed by atoms with E-state index in [9.17, 15) is 9.59 Å². The standard InChI is InChI=1S/C28H45N3O2/c1-3-4-5-6-7-8-9-10-11-12-13-14-15-16-17-20-23-31(2)28(33)26-27(32)24-21-18-19-22-25(24)29-30-26/h18-19,21-22H,3-17,20,23H2,1-2H3,(H,29,32). The number of hydrogen-bond acceptors (Lipinski definition) is 3. The number of rotatable bonds is 18. The molecule has 1 heterocycles. The summed E-state index contributed by atoms with van der Waals surface area (Å²) in [6.07, 6.45) is 21.3. The van der Waals surface area contributed by atoms with Crippen molar-refractivity contribution in [1.29, 1.82) is 0 Å².